The zero-order chi connectivity index (χ0) is 13.2. The molecule has 4 nitrogen and oxygen atoms in total. The van der Waals surface area contributed by atoms with Crippen molar-refractivity contribution in [2.24, 2.45) is 11.8 Å². The van der Waals surface area contributed by atoms with Gasteiger partial charge < -0.3 is 5.11 Å². The van der Waals surface area contributed by atoms with Crippen LogP contribution in [0.2, 0.25) is 0 Å². The molecule has 2 heterocycles. The van der Waals surface area contributed by atoms with Gasteiger partial charge in [0.05, 0.1) is 0 Å². The summed E-state index contributed by atoms with van der Waals surface area (Å²) < 4.78 is 0. The highest BCUT2D eigenvalue weighted by Crippen LogP contribution is 2.42. The summed E-state index contributed by atoms with van der Waals surface area (Å²) in [6.07, 6.45) is 6.12. The highest BCUT2D eigenvalue weighted by atomic mass is 16.4. The van der Waals surface area contributed by atoms with E-state index in [1.54, 1.807) is 6.20 Å². The van der Waals surface area contributed by atoms with Gasteiger partial charge in [-0.1, -0.05) is 12.5 Å². The third-order valence-electron chi connectivity index (χ3n) is 4.62. The van der Waals surface area contributed by atoms with Crippen LogP contribution < -0.4 is 0 Å². The molecule has 1 N–H and O–H groups in total. The Labute approximate surface area is 113 Å². The predicted octanol–water partition coefficient (Wildman–Crippen LogP) is 1.81. The minimum absolute atomic E-state index is 0.267. The molecule has 0 amide bonds. The van der Waals surface area contributed by atoms with Gasteiger partial charge in [0.2, 0.25) is 0 Å². The number of rotatable bonds is 4. The minimum Gasteiger partial charge on any atom is -0.480 e. The first kappa shape index (κ1) is 12.6. The van der Waals surface area contributed by atoms with Crippen LogP contribution in [0.4, 0.5) is 0 Å². The molecular formula is C15H20N2O2. The van der Waals surface area contributed by atoms with Crippen molar-refractivity contribution >= 4 is 5.97 Å². The normalized spacial score (nSPS) is 30.4. The zero-order valence-corrected chi connectivity index (χ0v) is 11.0. The van der Waals surface area contributed by atoms with Crippen LogP contribution >= 0.6 is 0 Å². The van der Waals surface area contributed by atoms with Crippen molar-refractivity contribution in [3.05, 3.63) is 30.1 Å². The SMILES string of the molecule is O=C(O)C1C2CCCC2CN1CCc1ccccn1. The summed E-state index contributed by atoms with van der Waals surface area (Å²) >= 11 is 0. The van der Waals surface area contributed by atoms with Gasteiger partial charge in [0.1, 0.15) is 6.04 Å². The van der Waals surface area contributed by atoms with Gasteiger partial charge in [0.25, 0.3) is 0 Å². The highest BCUT2D eigenvalue weighted by Gasteiger charge is 2.47. The second-order valence-corrected chi connectivity index (χ2v) is 5.70. The maximum absolute atomic E-state index is 11.5. The summed E-state index contributed by atoms with van der Waals surface area (Å²) in [5.41, 5.74) is 1.05. The molecule has 2 fully saturated rings. The van der Waals surface area contributed by atoms with Gasteiger partial charge in [0.15, 0.2) is 0 Å². The second kappa shape index (κ2) is 5.29. The lowest BCUT2D eigenvalue weighted by Gasteiger charge is -2.23. The highest BCUT2D eigenvalue weighted by molar-refractivity contribution is 5.74. The Hall–Kier alpha value is -1.42. The Bertz CT molecular complexity index is 449. The first-order chi connectivity index (χ1) is 9.25. The summed E-state index contributed by atoms with van der Waals surface area (Å²) in [7, 11) is 0. The Morgan fingerprint density at radius 3 is 3.05 bits per heavy atom. The molecule has 102 valence electrons. The fourth-order valence-electron chi connectivity index (χ4n) is 3.77. The Morgan fingerprint density at radius 1 is 1.42 bits per heavy atom. The van der Waals surface area contributed by atoms with E-state index in [0.717, 1.165) is 31.6 Å². The van der Waals surface area contributed by atoms with Crippen molar-refractivity contribution < 1.29 is 9.90 Å². The molecule has 1 saturated carbocycles. The lowest BCUT2D eigenvalue weighted by atomic mass is 9.94. The first-order valence-electron chi connectivity index (χ1n) is 7.12. The molecule has 1 aromatic rings. The van der Waals surface area contributed by atoms with E-state index in [9.17, 15) is 9.90 Å². The third-order valence-corrected chi connectivity index (χ3v) is 4.62. The number of carbonyl (C=O) groups is 1. The number of nitrogens with zero attached hydrogens (tertiary/aromatic N) is 2. The third kappa shape index (κ3) is 2.50. The van der Waals surface area contributed by atoms with Crippen molar-refractivity contribution in [1.29, 1.82) is 0 Å². The van der Waals surface area contributed by atoms with E-state index in [1.807, 2.05) is 18.2 Å². The monoisotopic (exact) mass is 260 g/mol. The molecule has 4 heteroatoms. The van der Waals surface area contributed by atoms with Crippen LogP contribution in [0.1, 0.15) is 25.0 Å². The average molecular weight is 260 g/mol. The first-order valence-corrected chi connectivity index (χ1v) is 7.12. The quantitative estimate of drug-likeness (QED) is 0.897. The number of pyridine rings is 1. The van der Waals surface area contributed by atoms with Gasteiger partial charge in [-0.15, -0.1) is 0 Å². The second-order valence-electron chi connectivity index (χ2n) is 5.70. The van der Waals surface area contributed by atoms with Crippen LogP contribution in [-0.4, -0.2) is 40.1 Å². The van der Waals surface area contributed by atoms with Crippen LogP contribution in [0.15, 0.2) is 24.4 Å². The van der Waals surface area contributed by atoms with Crippen LogP contribution in [0.25, 0.3) is 0 Å². The van der Waals surface area contributed by atoms with Crippen molar-refractivity contribution in [3.63, 3.8) is 0 Å². The molecule has 1 aliphatic heterocycles. The van der Waals surface area contributed by atoms with Crippen molar-refractivity contribution in [3.8, 4) is 0 Å². The number of fused-ring (bicyclic) bond motifs is 1. The minimum atomic E-state index is -0.643. The van der Waals surface area contributed by atoms with E-state index in [-0.39, 0.29) is 6.04 Å². The largest absolute Gasteiger partial charge is 0.480 e. The maximum Gasteiger partial charge on any atom is 0.321 e. The summed E-state index contributed by atoms with van der Waals surface area (Å²) in [4.78, 5) is 18.0. The maximum atomic E-state index is 11.5. The Balaban J connectivity index is 1.65. The molecule has 3 atom stereocenters. The van der Waals surface area contributed by atoms with E-state index in [1.165, 1.54) is 12.8 Å². The van der Waals surface area contributed by atoms with Gasteiger partial charge in [-0.05, 0) is 36.8 Å². The molecule has 1 aromatic heterocycles. The summed E-state index contributed by atoms with van der Waals surface area (Å²) in [6, 6.07) is 5.63. The van der Waals surface area contributed by atoms with Crippen molar-refractivity contribution in [2.45, 2.75) is 31.7 Å². The van der Waals surface area contributed by atoms with Crippen molar-refractivity contribution in [1.82, 2.24) is 9.88 Å². The van der Waals surface area contributed by atoms with Gasteiger partial charge >= 0.3 is 5.97 Å². The number of carboxylic acid groups (broad SMARTS) is 1. The number of hydrogen-bond donors (Lipinski definition) is 1. The van der Waals surface area contributed by atoms with Gasteiger partial charge in [-0.25, -0.2) is 0 Å². The molecule has 3 rings (SSSR count). The lowest BCUT2D eigenvalue weighted by molar-refractivity contribution is -0.143. The van der Waals surface area contributed by atoms with E-state index in [4.69, 9.17) is 0 Å². The number of aromatic nitrogens is 1. The predicted molar refractivity (Wildman–Crippen MR) is 71.8 cm³/mol. The molecule has 0 bridgehead atoms. The van der Waals surface area contributed by atoms with Crippen LogP contribution in [-0.2, 0) is 11.2 Å². The van der Waals surface area contributed by atoms with Crippen LogP contribution in [0.3, 0.4) is 0 Å². The lowest BCUT2D eigenvalue weighted by Crippen LogP contribution is -2.40. The zero-order valence-electron chi connectivity index (χ0n) is 11.0. The molecule has 19 heavy (non-hydrogen) atoms. The summed E-state index contributed by atoms with van der Waals surface area (Å²) in [5.74, 6) is 0.335. The molecule has 0 spiro atoms. The van der Waals surface area contributed by atoms with Gasteiger partial charge in [-0.3, -0.25) is 14.7 Å². The summed E-state index contributed by atoms with van der Waals surface area (Å²) in [6.45, 7) is 1.76. The molecule has 1 aliphatic carbocycles. The fraction of sp³-hybridized carbons (Fsp3) is 0.600. The molecule has 1 saturated heterocycles. The van der Waals surface area contributed by atoms with Gasteiger partial charge in [0, 0.05) is 31.4 Å². The van der Waals surface area contributed by atoms with E-state index in [0.29, 0.717) is 11.8 Å². The standard InChI is InChI=1S/C15H20N2O2/c18-15(19)14-13-6-3-4-11(13)10-17(14)9-7-12-5-1-2-8-16-12/h1-2,5,8,11,13-14H,3-4,6-7,9-10H2,(H,18,19). The fourth-order valence-corrected chi connectivity index (χ4v) is 3.77. The summed E-state index contributed by atoms with van der Waals surface area (Å²) in [5, 5.41) is 9.47. The number of carboxylic acids is 1. The molecule has 0 aromatic carbocycles. The molecular weight excluding hydrogens is 240 g/mol. The van der Waals surface area contributed by atoms with E-state index in [2.05, 4.69) is 9.88 Å². The topological polar surface area (TPSA) is 53.4 Å². The average Bonchev–Trinajstić information content (AvgIpc) is 2.96. The van der Waals surface area contributed by atoms with Crippen molar-refractivity contribution in [2.75, 3.05) is 13.1 Å². The smallest absolute Gasteiger partial charge is 0.321 e. The Morgan fingerprint density at radius 2 is 2.32 bits per heavy atom. The molecule has 3 unspecified atom stereocenters. The Kier molecular flexibility index (Phi) is 3.51. The number of likely N-dealkylation sites (tertiary alicyclic amines) is 1. The van der Waals surface area contributed by atoms with E-state index >= 15 is 0 Å². The van der Waals surface area contributed by atoms with Crippen LogP contribution in [0.5, 0.6) is 0 Å². The van der Waals surface area contributed by atoms with Crippen LogP contribution in [0, 0.1) is 11.8 Å². The number of aliphatic carboxylic acids is 1. The van der Waals surface area contributed by atoms with Gasteiger partial charge in [-0.2, -0.15) is 0 Å². The molecule has 0 radical (unpaired) electrons. The van der Waals surface area contributed by atoms with E-state index < -0.39 is 5.97 Å². The number of hydrogen-bond acceptors (Lipinski definition) is 3. The molecule has 2 aliphatic rings.